The molecule has 2 fully saturated rings. The van der Waals surface area contributed by atoms with Crippen molar-refractivity contribution in [2.75, 3.05) is 32.7 Å². The van der Waals surface area contributed by atoms with E-state index in [2.05, 4.69) is 5.32 Å². The molecule has 1 aromatic rings. The maximum atomic E-state index is 14.0. The number of amides is 3. The van der Waals surface area contributed by atoms with Crippen LogP contribution in [0.15, 0.2) is 35.9 Å². The number of fused-ring (bicyclic) bond motifs is 5. The molecule has 0 saturated carbocycles. The number of hydrogen-bond acceptors (Lipinski definition) is 9. The molecule has 2 N–H and O–H groups in total. The monoisotopic (exact) mass is 703 g/mol. The Morgan fingerprint density at radius 3 is 2.61 bits per heavy atom. The molecule has 270 valence electrons. The summed E-state index contributed by atoms with van der Waals surface area (Å²) in [5.74, 6) is -2.32. The van der Waals surface area contributed by atoms with Gasteiger partial charge in [0.05, 0.1) is 36.3 Å². The van der Waals surface area contributed by atoms with Crippen LogP contribution in [-0.2, 0) is 39.8 Å². The Kier molecular flexibility index (Phi) is 11.9. The van der Waals surface area contributed by atoms with Crippen molar-refractivity contribution in [1.29, 1.82) is 0 Å². The van der Waals surface area contributed by atoms with E-state index >= 15 is 0 Å². The summed E-state index contributed by atoms with van der Waals surface area (Å²) in [7, 11) is 4.61. The van der Waals surface area contributed by atoms with Gasteiger partial charge in [0.15, 0.2) is 0 Å². The lowest BCUT2D eigenvalue weighted by Gasteiger charge is -2.41. The third-order valence-electron chi connectivity index (χ3n) is 10.2. The number of benzene rings is 1. The molecule has 12 nitrogen and oxygen atoms in total. The summed E-state index contributed by atoms with van der Waals surface area (Å²) in [6.07, 6.45) is 2.92. The van der Waals surface area contributed by atoms with Crippen LogP contribution in [-0.4, -0.2) is 97.4 Å². The van der Waals surface area contributed by atoms with Crippen molar-refractivity contribution in [3.8, 4) is 0 Å². The van der Waals surface area contributed by atoms with Gasteiger partial charge in [0.1, 0.15) is 29.6 Å². The summed E-state index contributed by atoms with van der Waals surface area (Å²) in [5, 5.41) is 14.6. The summed E-state index contributed by atoms with van der Waals surface area (Å²) in [4.78, 5) is 55.7. The number of methoxy groups -OCH3 is 1. The number of epoxide rings is 1. The first-order valence-corrected chi connectivity index (χ1v) is 17.0. The van der Waals surface area contributed by atoms with Crippen LogP contribution in [0, 0.1) is 18.8 Å². The first kappa shape index (κ1) is 38.4. The molecule has 3 heterocycles. The quantitative estimate of drug-likeness (QED) is 0.324. The minimum absolute atomic E-state index is 0.0746. The molecule has 13 heteroatoms. The number of esters is 1. The van der Waals surface area contributed by atoms with Gasteiger partial charge < -0.3 is 33.9 Å². The van der Waals surface area contributed by atoms with Crippen LogP contribution in [0.25, 0.3) is 0 Å². The normalized spacial score (nSPS) is 32.8. The lowest BCUT2D eigenvalue weighted by molar-refractivity contribution is -0.162. The van der Waals surface area contributed by atoms with Crippen LogP contribution in [0.1, 0.15) is 65.0 Å². The summed E-state index contributed by atoms with van der Waals surface area (Å²) in [6.45, 7) is 11.0. The summed E-state index contributed by atoms with van der Waals surface area (Å²) in [5.41, 5.74) is 0.520. The Labute approximate surface area is 293 Å². The highest BCUT2D eigenvalue weighted by Crippen LogP contribution is 2.49. The first-order chi connectivity index (χ1) is 22.9. The maximum absolute atomic E-state index is 14.0. The molecular formula is C36H50ClN3O9. The summed E-state index contributed by atoms with van der Waals surface area (Å²) in [6, 6.07) is 2.87. The van der Waals surface area contributed by atoms with Crippen LogP contribution >= 0.6 is 11.6 Å². The number of likely N-dealkylation sites (N-methyl/N-ethyl adjacent to an activating group) is 1. The minimum Gasteiger partial charge on any atom is -0.457 e. The van der Waals surface area contributed by atoms with Gasteiger partial charge in [-0.15, -0.1) is 0 Å². The van der Waals surface area contributed by atoms with Gasteiger partial charge in [0.2, 0.25) is 11.8 Å². The van der Waals surface area contributed by atoms with Crippen LogP contribution < -0.4 is 10.2 Å². The summed E-state index contributed by atoms with van der Waals surface area (Å²) < 4.78 is 22.9. The highest BCUT2D eigenvalue weighted by atomic mass is 35.5. The molecule has 3 amide bonds. The van der Waals surface area contributed by atoms with E-state index in [0.717, 1.165) is 16.7 Å². The second-order valence-corrected chi connectivity index (χ2v) is 14.3. The van der Waals surface area contributed by atoms with Crippen molar-refractivity contribution in [2.24, 2.45) is 11.8 Å². The zero-order chi connectivity index (χ0) is 36.4. The van der Waals surface area contributed by atoms with E-state index in [0.29, 0.717) is 17.1 Å². The second-order valence-electron chi connectivity index (χ2n) is 13.9. The molecule has 0 aromatic heterocycles. The number of ether oxygens (including phenoxy) is 4. The number of carbonyl (C=O) groups excluding carboxylic acids is 4. The fraction of sp³-hybridized carbons (Fsp3) is 0.611. The number of carbonyl (C=O) groups is 4. The zero-order valence-corrected chi connectivity index (χ0v) is 30.6. The average molecular weight is 704 g/mol. The molecule has 49 heavy (non-hydrogen) atoms. The van der Waals surface area contributed by atoms with Gasteiger partial charge in [-0.3, -0.25) is 14.9 Å². The smallest absolute Gasteiger partial charge is 0.409 e. The zero-order valence-electron chi connectivity index (χ0n) is 29.9. The summed E-state index contributed by atoms with van der Waals surface area (Å²) >= 11 is 6.74. The number of nitrogens with zero attached hydrogens (tertiary/aromatic N) is 2. The van der Waals surface area contributed by atoms with Crippen LogP contribution in [0.5, 0.6) is 0 Å². The highest BCUT2D eigenvalue weighted by molar-refractivity contribution is 6.34. The second kappa shape index (κ2) is 15.2. The maximum Gasteiger partial charge on any atom is 0.409 e. The fourth-order valence-electron chi connectivity index (χ4n) is 6.53. The topological polar surface area (TPSA) is 147 Å². The lowest BCUT2D eigenvalue weighted by Crippen LogP contribution is -2.60. The SMILES string of the molecule is COCCC(=O)N(C)C(C)C(=O)O[C@H]1CC(=O)N(C)c2cc(cc(C)c2Cl)C/C(C)=C/C=C/[C@@H](C)[C@@]2(O)C[C@H](OC(=O)N2)[C@@H](C)[C@@H]2O[C@@]12C. The molecular weight excluding hydrogens is 654 g/mol. The Hall–Kier alpha value is -3.45. The van der Waals surface area contributed by atoms with Gasteiger partial charge in [-0.1, -0.05) is 55.3 Å². The molecule has 2 saturated heterocycles. The van der Waals surface area contributed by atoms with E-state index in [-0.39, 0.29) is 37.7 Å². The predicted molar refractivity (Wildman–Crippen MR) is 184 cm³/mol. The van der Waals surface area contributed by atoms with Crippen LogP contribution in [0.4, 0.5) is 10.5 Å². The number of allylic oxidation sites excluding steroid dienone is 3. The number of anilines is 1. The molecule has 3 aliphatic heterocycles. The Bertz CT molecular complexity index is 1510. The molecule has 3 aliphatic rings. The molecule has 4 bridgehead atoms. The van der Waals surface area contributed by atoms with E-state index in [4.69, 9.17) is 30.5 Å². The van der Waals surface area contributed by atoms with Gasteiger partial charge in [0.25, 0.3) is 0 Å². The first-order valence-electron chi connectivity index (χ1n) is 16.6. The number of halogens is 1. The van der Waals surface area contributed by atoms with Crippen molar-refractivity contribution in [3.05, 3.63) is 52.1 Å². The number of aliphatic hydroxyl groups is 1. The number of rotatable bonds is 6. The number of nitrogens with one attached hydrogen (secondary N) is 1. The van der Waals surface area contributed by atoms with E-state index in [1.165, 1.54) is 24.0 Å². The van der Waals surface area contributed by atoms with Crippen molar-refractivity contribution in [2.45, 2.75) is 103 Å². The van der Waals surface area contributed by atoms with E-state index in [1.54, 1.807) is 20.9 Å². The van der Waals surface area contributed by atoms with Crippen molar-refractivity contribution in [3.63, 3.8) is 0 Å². The van der Waals surface area contributed by atoms with Crippen molar-refractivity contribution >= 4 is 41.2 Å². The Morgan fingerprint density at radius 1 is 1.24 bits per heavy atom. The van der Waals surface area contributed by atoms with E-state index in [9.17, 15) is 24.3 Å². The Balaban J connectivity index is 1.73. The number of alkyl carbamates (subject to hydrolysis) is 1. The molecule has 8 atom stereocenters. The highest BCUT2D eigenvalue weighted by Gasteiger charge is 2.64. The Morgan fingerprint density at radius 2 is 1.94 bits per heavy atom. The van der Waals surface area contributed by atoms with Gasteiger partial charge in [-0.2, -0.15) is 0 Å². The van der Waals surface area contributed by atoms with Crippen molar-refractivity contribution in [1.82, 2.24) is 10.2 Å². The van der Waals surface area contributed by atoms with Crippen LogP contribution in [0.3, 0.4) is 0 Å². The molecule has 0 spiro atoms. The fourth-order valence-corrected chi connectivity index (χ4v) is 6.76. The van der Waals surface area contributed by atoms with Gasteiger partial charge >= 0.3 is 12.1 Å². The molecule has 4 rings (SSSR count). The van der Waals surface area contributed by atoms with Gasteiger partial charge in [0, 0.05) is 39.5 Å². The molecule has 1 aromatic carbocycles. The van der Waals surface area contributed by atoms with Gasteiger partial charge in [-0.05, 0) is 51.3 Å². The number of hydrogen-bond donors (Lipinski definition) is 2. The standard InChI is InChI=1S/C36H50ClN3O9/c1-20-11-10-12-22(3)36(45)19-27(47-34(44)38-36)23(4)32-35(6,49-32)28(48-33(43)24(5)39(7)29(41)13-14-46-9)18-30(42)40(8)26-17-25(15-20)16-21(2)31(26)37/h10-12,16-17,22-24,27-28,32,45H,13-15,18-19H2,1-9H3,(H,38,44)/b12-10+,20-11+/t22-,23-,24?,27+,28+,32+,35+,36+/m1/s1. The van der Waals surface area contributed by atoms with E-state index < -0.39 is 59.6 Å². The third kappa shape index (κ3) is 8.48. The van der Waals surface area contributed by atoms with Crippen LogP contribution in [0.2, 0.25) is 5.02 Å². The number of aryl methyl sites for hydroxylation is 1. The molecule has 1 unspecified atom stereocenters. The van der Waals surface area contributed by atoms with Gasteiger partial charge in [-0.25, -0.2) is 9.59 Å². The molecule has 0 aliphatic carbocycles. The van der Waals surface area contributed by atoms with E-state index in [1.807, 2.05) is 58.1 Å². The predicted octanol–water partition coefficient (Wildman–Crippen LogP) is 4.47. The van der Waals surface area contributed by atoms with Crippen molar-refractivity contribution < 1.29 is 43.2 Å². The molecule has 0 radical (unpaired) electrons. The largest absolute Gasteiger partial charge is 0.457 e. The third-order valence-corrected chi connectivity index (χ3v) is 10.7. The minimum atomic E-state index is -1.59. The average Bonchev–Trinajstić information content (AvgIpc) is 3.74. The lowest BCUT2D eigenvalue weighted by atomic mass is 9.82.